The molecule has 2 N–H and O–H groups in total. The van der Waals surface area contributed by atoms with Gasteiger partial charge >= 0.3 is 6.03 Å². The second-order valence-electron chi connectivity index (χ2n) is 8.11. The van der Waals surface area contributed by atoms with E-state index in [9.17, 15) is 4.79 Å². The Balaban J connectivity index is 1.28. The summed E-state index contributed by atoms with van der Waals surface area (Å²) in [5.41, 5.74) is 0. The van der Waals surface area contributed by atoms with Gasteiger partial charge in [0.25, 0.3) is 0 Å². The fourth-order valence-electron chi connectivity index (χ4n) is 6.09. The number of amides is 2. The van der Waals surface area contributed by atoms with E-state index >= 15 is 0 Å². The third kappa shape index (κ3) is 2.64. The quantitative estimate of drug-likeness (QED) is 0.842. The van der Waals surface area contributed by atoms with Crippen LogP contribution in [0.4, 0.5) is 4.79 Å². The van der Waals surface area contributed by atoms with Gasteiger partial charge in [0.1, 0.15) is 0 Å². The summed E-state index contributed by atoms with van der Waals surface area (Å²) in [6.45, 7) is 5.50. The zero-order valence-electron chi connectivity index (χ0n) is 13.9. The van der Waals surface area contributed by atoms with Gasteiger partial charge in [0.15, 0.2) is 0 Å². The van der Waals surface area contributed by atoms with Crippen molar-refractivity contribution in [2.75, 3.05) is 19.6 Å². The van der Waals surface area contributed by atoms with Crippen LogP contribution in [0.2, 0.25) is 0 Å². The van der Waals surface area contributed by atoms with Gasteiger partial charge in [-0.05, 0) is 75.3 Å². The standard InChI is InChI=1S/C18H31N3O/c1-2-21-8-4-5-13(11-21)19-18(22)20-17-10-12-9-16(17)15-7-3-6-14(12)15/h12-17H,2-11H2,1H3,(H2,19,20,22). The Morgan fingerprint density at radius 1 is 1.05 bits per heavy atom. The number of carbonyl (C=O) groups is 1. The molecular weight excluding hydrogens is 274 g/mol. The number of fused-ring (bicyclic) bond motifs is 5. The molecule has 6 unspecified atom stereocenters. The van der Waals surface area contributed by atoms with E-state index in [0.717, 1.165) is 43.2 Å². The summed E-state index contributed by atoms with van der Waals surface area (Å²) in [5, 5.41) is 6.57. The topological polar surface area (TPSA) is 44.4 Å². The van der Waals surface area contributed by atoms with Gasteiger partial charge in [-0.3, -0.25) is 0 Å². The summed E-state index contributed by atoms with van der Waals surface area (Å²) < 4.78 is 0. The summed E-state index contributed by atoms with van der Waals surface area (Å²) in [5.74, 6) is 3.62. The number of nitrogens with zero attached hydrogens (tertiary/aromatic N) is 1. The van der Waals surface area contributed by atoms with Crippen molar-refractivity contribution in [1.29, 1.82) is 0 Å². The molecule has 2 bridgehead atoms. The minimum absolute atomic E-state index is 0.0926. The Morgan fingerprint density at radius 2 is 1.91 bits per heavy atom. The van der Waals surface area contributed by atoms with Gasteiger partial charge in [-0.25, -0.2) is 4.79 Å². The predicted molar refractivity (Wildman–Crippen MR) is 87.6 cm³/mol. The third-order valence-electron chi connectivity index (χ3n) is 7.03. The normalized spacial score (nSPS) is 44.0. The number of nitrogens with one attached hydrogen (secondary N) is 2. The van der Waals surface area contributed by atoms with Crippen LogP contribution in [-0.4, -0.2) is 42.6 Å². The van der Waals surface area contributed by atoms with Crippen LogP contribution in [-0.2, 0) is 0 Å². The molecule has 4 rings (SSSR count). The SMILES string of the molecule is CCN1CCCC(NC(=O)NC2CC3CC2C2CCCC32)C1. The lowest BCUT2D eigenvalue weighted by Gasteiger charge is -2.34. The molecule has 0 aromatic rings. The molecule has 1 saturated heterocycles. The molecule has 0 aromatic carbocycles. The second kappa shape index (κ2) is 6.03. The van der Waals surface area contributed by atoms with E-state index in [-0.39, 0.29) is 6.03 Å². The first kappa shape index (κ1) is 14.8. The molecule has 4 fully saturated rings. The predicted octanol–water partition coefficient (Wildman–Crippen LogP) is 2.59. The monoisotopic (exact) mass is 305 g/mol. The minimum Gasteiger partial charge on any atom is -0.335 e. The van der Waals surface area contributed by atoms with Gasteiger partial charge in [0, 0.05) is 18.6 Å². The Labute approximate surface area is 134 Å². The van der Waals surface area contributed by atoms with Crippen LogP contribution < -0.4 is 10.6 Å². The lowest BCUT2D eigenvalue weighted by Crippen LogP contribution is -2.53. The first-order chi connectivity index (χ1) is 10.7. The number of likely N-dealkylation sites (N-methyl/N-ethyl adjacent to an activating group) is 1. The van der Waals surface area contributed by atoms with Gasteiger partial charge in [-0.15, -0.1) is 0 Å². The first-order valence-corrected chi connectivity index (χ1v) is 9.54. The highest BCUT2D eigenvalue weighted by Gasteiger charge is 2.54. The molecule has 3 aliphatic carbocycles. The number of urea groups is 1. The Hall–Kier alpha value is -0.770. The van der Waals surface area contributed by atoms with Crippen LogP contribution in [0.15, 0.2) is 0 Å². The molecule has 124 valence electrons. The number of carbonyl (C=O) groups excluding carboxylic acids is 1. The van der Waals surface area contributed by atoms with Gasteiger partial charge in [-0.1, -0.05) is 13.3 Å². The van der Waals surface area contributed by atoms with E-state index in [4.69, 9.17) is 0 Å². The van der Waals surface area contributed by atoms with Gasteiger partial charge in [-0.2, -0.15) is 0 Å². The minimum atomic E-state index is 0.0926. The van der Waals surface area contributed by atoms with E-state index in [0.29, 0.717) is 12.1 Å². The molecule has 1 aliphatic heterocycles. The molecule has 3 saturated carbocycles. The fraction of sp³-hybridized carbons (Fsp3) is 0.944. The van der Waals surface area contributed by atoms with Gasteiger partial charge < -0.3 is 15.5 Å². The van der Waals surface area contributed by atoms with Crippen LogP contribution in [0.25, 0.3) is 0 Å². The van der Waals surface area contributed by atoms with Crippen molar-refractivity contribution in [3.8, 4) is 0 Å². The van der Waals surface area contributed by atoms with Crippen LogP contribution in [0.5, 0.6) is 0 Å². The van der Waals surface area contributed by atoms with Crippen molar-refractivity contribution >= 4 is 6.03 Å². The maximum Gasteiger partial charge on any atom is 0.315 e. The van der Waals surface area contributed by atoms with E-state index < -0.39 is 0 Å². The largest absolute Gasteiger partial charge is 0.335 e. The van der Waals surface area contributed by atoms with Crippen LogP contribution in [0.1, 0.15) is 51.9 Å². The molecule has 4 aliphatic rings. The number of hydrogen-bond acceptors (Lipinski definition) is 2. The zero-order chi connectivity index (χ0) is 15.1. The molecular formula is C18H31N3O. The maximum atomic E-state index is 12.4. The van der Waals surface area contributed by atoms with Crippen LogP contribution in [0, 0.1) is 23.7 Å². The lowest BCUT2D eigenvalue weighted by atomic mass is 9.79. The zero-order valence-corrected chi connectivity index (χ0v) is 13.9. The highest BCUT2D eigenvalue weighted by molar-refractivity contribution is 5.74. The summed E-state index contributed by atoms with van der Waals surface area (Å²) >= 11 is 0. The number of piperidine rings is 1. The molecule has 6 atom stereocenters. The van der Waals surface area contributed by atoms with Crippen molar-refractivity contribution in [1.82, 2.24) is 15.5 Å². The molecule has 2 amide bonds. The Morgan fingerprint density at radius 3 is 2.77 bits per heavy atom. The molecule has 4 heteroatoms. The molecule has 1 heterocycles. The van der Waals surface area contributed by atoms with E-state index in [2.05, 4.69) is 22.5 Å². The smallest absolute Gasteiger partial charge is 0.315 e. The summed E-state index contributed by atoms with van der Waals surface area (Å²) in [6, 6.07) is 0.886. The van der Waals surface area contributed by atoms with E-state index in [1.807, 2.05) is 0 Å². The Kier molecular flexibility index (Phi) is 4.05. The average molecular weight is 305 g/mol. The molecule has 0 aromatic heterocycles. The maximum absolute atomic E-state index is 12.4. The van der Waals surface area contributed by atoms with Crippen LogP contribution >= 0.6 is 0 Å². The molecule has 22 heavy (non-hydrogen) atoms. The fourth-order valence-corrected chi connectivity index (χ4v) is 6.09. The van der Waals surface area contributed by atoms with Crippen molar-refractivity contribution in [3.63, 3.8) is 0 Å². The van der Waals surface area contributed by atoms with E-state index in [1.165, 1.54) is 45.1 Å². The lowest BCUT2D eigenvalue weighted by molar-refractivity contribution is 0.179. The molecule has 0 spiro atoms. The summed E-state index contributed by atoms with van der Waals surface area (Å²) in [7, 11) is 0. The van der Waals surface area contributed by atoms with Crippen molar-refractivity contribution in [2.24, 2.45) is 23.7 Å². The van der Waals surface area contributed by atoms with Crippen molar-refractivity contribution in [3.05, 3.63) is 0 Å². The molecule has 4 nitrogen and oxygen atoms in total. The molecule has 0 radical (unpaired) electrons. The highest BCUT2D eigenvalue weighted by atomic mass is 16.2. The van der Waals surface area contributed by atoms with Gasteiger partial charge in [0.05, 0.1) is 0 Å². The first-order valence-electron chi connectivity index (χ1n) is 9.54. The van der Waals surface area contributed by atoms with Gasteiger partial charge in [0.2, 0.25) is 0 Å². The van der Waals surface area contributed by atoms with E-state index in [1.54, 1.807) is 0 Å². The number of hydrogen-bond donors (Lipinski definition) is 2. The average Bonchev–Trinajstić information content (AvgIpc) is 3.19. The summed E-state index contributed by atoms with van der Waals surface area (Å²) in [6.07, 6.45) is 9.26. The highest BCUT2D eigenvalue weighted by Crippen LogP contribution is 2.58. The number of rotatable bonds is 3. The third-order valence-corrected chi connectivity index (χ3v) is 7.03. The Bertz CT molecular complexity index is 427. The summed E-state index contributed by atoms with van der Waals surface area (Å²) in [4.78, 5) is 14.8. The number of likely N-dealkylation sites (tertiary alicyclic amines) is 1. The van der Waals surface area contributed by atoms with Crippen molar-refractivity contribution < 1.29 is 4.79 Å². The second-order valence-corrected chi connectivity index (χ2v) is 8.11. The van der Waals surface area contributed by atoms with Crippen LogP contribution in [0.3, 0.4) is 0 Å². The van der Waals surface area contributed by atoms with Crippen molar-refractivity contribution in [2.45, 2.75) is 64.0 Å².